The molecule has 0 aliphatic heterocycles. The van der Waals surface area contributed by atoms with Crippen molar-refractivity contribution in [2.45, 2.75) is 75.6 Å². The summed E-state index contributed by atoms with van der Waals surface area (Å²) in [7, 11) is -1.23. The van der Waals surface area contributed by atoms with Crippen molar-refractivity contribution < 1.29 is 32.2 Å². The van der Waals surface area contributed by atoms with E-state index in [9.17, 15) is 32.2 Å². The van der Waals surface area contributed by atoms with Gasteiger partial charge in [0, 0.05) is 42.5 Å². The lowest BCUT2D eigenvalue weighted by Gasteiger charge is -2.23. The average Bonchev–Trinajstić information content (AvgIpc) is 3.82. The summed E-state index contributed by atoms with van der Waals surface area (Å²) in [5.74, 6) is 3.77. The molecule has 284 valence electrons. The zero-order valence-corrected chi connectivity index (χ0v) is 31.9. The van der Waals surface area contributed by atoms with Gasteiger partial charge >= 0.3 is 0 Å². The van der Waals surface area contributed by atoms with E-state index in [-0.39, 0.29) is 57.9 Å². The van der Waals surface area contributed by atoms with Crippen LogP contribution in [-0.2, 0) is 41.3 Å². The number of fused-ring (bicyclic) bond motifs is 1. The van der Waals surface area contributed by atoms with Gasteiger partial charge in [-0.3, -0.25) is 14.2 Å². The van der Waals surface area contributed by atoms with E-state index in [0.717, 1.165) is 48.0 Å². The minimum Gasteiger partial charge on any atom is -0.396 e. The Kier molecular flexibility index (Phi) is 11.0. The van der Waals surface area contributed by atoms with Crippen LogP contribution in [0.1, 0.15) is 72.6 Å². The van der Waals surface area contributed by atoms with Crippen molar-refractivity contribution in [3.05, 3.63) is 93.0 Å². The Balaban J connectivity index is 1.53. The lowest BCUT2D eigenvalue weighted by Crippen LogP contribution is -2.34. The first-order valence-electron chi connectivity index (χ1n) is 17.3. The van der Waals surface area contributed by atoms with Crippen molar-refractivity contribution in [3.63, 3.8) is 0 Å². The Morgan fingerprint density at radius 3 is 2.43 bits per heavy atom. The van der Waals surface area contributed by atoms with Crippen LogP contribution in [0, 0.1) is 30.4 Å². The number of pyridine rings is 1. The SMILES string of the molecule is CNS(=O)(=O)c1nn(C)c2c(-c3ccc(C#CC(C)(C)O)nc3[C@H](Cc3cc(F)cc(F)c3)NC(=O)Cn3nc(C4CC4)c(CCO)c3C)ccc(Cl)c12. The van der Waals surface area contributed by atoms with E-state index in [0.29, 0.717) is 23.1 Å². The number of hydrogen-bond donors (Lipinski definition) is 4. The lowest BCUT2D eigenvalue weighted by molar-refractivity contribution is -0.122. The number of nitrogens with zero attached hydrogens (tertiary/aromatic N) is 5. The molecule has 0 saturated heterocycles. The number of hydrogen-bond acceptors (Lipinski definition) is 8. The van der Waals surface area contributed by atoms with Crippen LogP contribution in [0.3, 0.4) is 0 Å². The Hall–Kier alpha value is -4.72. The number of aryl methyl sites for hydroxylation is 1. The molecule has 1 aliphatic carbocycles. The summed E-state index contributed by atoms with van der Waals surface area (Å²) in [5, 5.41) is 32.1. The molecule has 2 aromatic carbocycles. The van der Waals surface area contributed by atoms with Gasteiger partial charge in [0.25, 0.3) is 10.0 Å². The number of amides is 1. The van der Waals surface area contributed by atoms with Crippen molar-refractivity contribution in [2.75, 3.05) is 13.7 Å². The van der Waals surface area contributed by atoms with Gasteiger partial charge in [-0.25, -0.2) is 26.9 Å². The zero-order chi connectivity index (χ0) is 39.1. The molecule has 0 bridgehead atoms. The molecule has 1 amide bonds. The molecule has 16 heteroatoms. The predicted octanol–water partition coefficient (Wildman–Crippen LogP) is 4.61. The molecule has 6 rings (SSSR count). The number of carbonyl (C=O) groups excluding carboxylic acids is 1. The van der Waals surface area contributed by atoms with Gasteiger partial charge in [-0.1, -0.05) is 23.6 Å². The van der Waals surface area contributed by atoms with Crippen molar-refractivity contribution in [1.29, 1.82) is 0 Å². The number of aliphatic hydroxyl groups is 2. The Morgan fingerprint density at radius 2 is 1.80 bits per heavy atom. The van der Waals surface area contributed by atoms with E-state index in [4.69, 9.17) is 21.7 Å². The summed E-state index contributed by atoms with van der Waals surface area (Å²) in [5.41, 5.74) is 3.04. The van der Waals surface area contributed by atoms with Crippen LogP contribution in [0.25, 0.3) is 22.0 Å². The second-order valence-corrected chi connectivity index (χ2v) is 16.1. The van der Waals surface area contributed by atoms with Gasteiger partial charge in [0.05, 0.1) is 33.4 Å². The van der Waals surface area contributed by atoms with E-state index < -0.39 is 39.2 Å². The second-order valence-electron chi connectivity index (χ2n) is 13.8. The normalized spacial score (nSPS) is 13.9. The summed E-state index contributed by atoms with van der Waals surface area (Å²) in [6.07, 6.45) is 2.24. The molecule has 3 aromatic heterocycles. The molecule has 0 radical (unpaired) electrons. The molecule has 1 saturated carbocycles. The van der Waals surface area contributed by atoms with Gasteiger partial charge in [0.1, 0.15) is 29.5 Å². The molecule has 1 fully saturated rings. The third kappa shape index (κ3) is 8.33. The topological polar surface area (TPSA) is 164 Å². The smallest absolute Gasteiger partial charge is 0.260 e. The molecule has 5 aromatic rings. The monoisotopic (exact) mass is 779 g/mol. The van der Waals surface area contributed by atoms with Crippen molar-refractivity contribution in [2.24, 2.45) is 7.05 Å². The highest BCUT2D eigenvalue weighted by Crippen LogP contribution is 2.42. The third-order valence-corrected chi connectivity index (χ3v) is 10.8. The van der Waals surface area contributed by atoms with Crippen LogP contribution in [-0.4, -0.2) is 68.3 Å². The molecule has 0 spiro atoms. The van der Waals surface area contributed by atoms with Crippen molar-refractivity contribution >= 4 is 38.4 Å². The van der Waals surface area contributed by atoms with Gasteiger partial charge in [-0.05, 0) is 101 Å². The standard InChI is InChI=1S/C38H40ClF2N7O5S/c1-21-27(13-15-49)34(23-6-7-23)45-48(21)20-32(50)44-31(18-22-16-24(40)19-25(41)17-22)35-28(9-8-26(43-35)12-14-38(2,3)51)29-10-11-30(39)33-36(29)47(5)46-37(33)54(52,53)42-4/h8-11,16-17,19,23,31,42,49,51H,6-7,13,15,18,20H2,1-5H3,(H,44,50)/t31-/m0/s1. The number of aromatic nitrogens is 5. The van der Waals surface area contributed by atoms with Gasteiger partial charge in [-0.2, -0.15) is 10.2 Å². The highest BCUT2D eigenvalue weighted by Gasteiger charge is 2.32. The molecule has 12 nitrogen and oxygen atoms in total. The second kappa shape index (κ2) is 15.2. The highest BCUT2D eigenvalue weighted by molar-refractivity contribution is 7.89. The van der Waals surface area contributed by atoms with Crippen molar-refractivity contribution in [3.8, 4) is 23.0 Å². The highest BCUT2D eigenvalue weighted by atomic mass is 35.5. The number of halogens is 3. The molecule has 1 aliphatic rings. The van der Waals surface area contributed by atoms with Crippen LogP contribution in [0.5, 0.6) is 0 Å². The van der Waals surface area contributed by atoms with Crippen LogP contribution < -0.4 is 10.0 Å². The quantitative estimate of drug-likeness (QED) is 0.133. The van der Waals surface area contributed by atoms with Gasteiger partial charge in [0.15, 0.2) is 0 Å². The first-order chi connectivity index (χ1) is 25.5. The Bertz CT molecular complexity index is 2420. The molecule has 3 heterocycles. The number of carbonyl (C=O) groups is 1. The van der Waals surface area contributed by atoms with E-state index in [1.165, 1.54) is 31.6 Å². The number of sulfonamides is 1. The first kappa shape index (κ1) is 39.0. The summed E-state index contributed by atoms with van der Waals surface area (Å²) in [6, 6.07) is 8.53. The van der Waals surface area contributed by atoms with Crippen LogP contribution in [0.15, 0.2) is 47.5 Å². The number of nitrogens with one attached hydrogen (secondary N) is 2. The fourth-order valence-corrected chi connectivity index (χ4v) is 7.72. The summed E-state index contributed by atoms with van der Waals surface area (Å²) >= 11 is 6.61. The first-order valence-corrected chi connectivity index (χ1v) is 19.1. The van der Waals surface area contributed by atoms with E-state index in [1.54, 1.807) is 29.9 Å². The molecule has 1 atom stereocenters. The van der Waals surface area contributed by atoms with Gasteiger partial charge in [0.2, 0.25) is 10.9 Å². The maximum absolute atomic E-state index is 14.6. The van der Waals surface area contributed by atoms with Crippen molar-refractivity contribution in [1.82, 2.24) is 34.6 Å². The summed E-state index contributed by atoms with van der Waals surface area (Å²) < 4.78 is 60.4. The minimum absolute atomic E-state index is 0.0666. The average molecular weight is 780 g/mol. The molecular formula is C38H40ClF2N7O5S. The third-order valence-electron chi connectivity index (χ3n) is 9.15. The predicted molar refractivity (Wildman–Crippen MR) is 199 cm³/mol. The van der Waals surface area contributed by atoms with Crippen LogP contribution in [0.4, 0.5) is 8.78 Å². The minimum atomic E-state index is -4.06. The lowest BCUT2D eigenvalue weighted by atomic mass is 9.93. The number of benzene rings is 2. The van der Waals surface area contributed by atoms with Crippen LogP contribution in [0.2, 0.25) is 5.02 Å². The van der Waals surface area contributed by atoms with Gasteiger partial charge in [-0.15, -0.1) is 0 Å². The Morgan fingerprint density at radius 1 is 1.11 bits per heavy atom. The largest absolute Gasteiger partial charge is 0.396 e. The zero-order valence-electron chi connectivity index (χ0n) is 30.3. The maximum Gasteiger partial charge on any atom is 0.260 e. The fourth-order valence-electron chi connectivity index (χ4n) is 6.52. The number of aliphatic hydroxyl groups excluding tert-OH is 1. The summed E-state index contributed by atoms with van der Waals surface area (Å²) in [4.78, 5) is 18.9. The fraction of sp³-hybridized carbons (Fsp3) is 0.368. The summed E-state index contributed by atoms with van der Waals surface area (Å²) in [6.45, 7) is 4.60. The van der Waals surface area contributed by atoms with Crippen LogP contribution >= 0.6 is 11.6 Å². The molecular weight excluding hydrogens is 740 g/mol. The van der Waals surface area contributed by atoms with E-state index in [2.05, 4.69) is 27.0 Å². The maximum atomic E-state index is 14.6. The molecule has 0 unspecified atom stereocenters. The molecule has 4 N–H and O–H groups in total. The Labute approximate surface area is 316 Å². The van der Waals surface area contributed by atoms with Gasteiger partial charge < -0.3 is 15.5 Å². The number of rotatable bonds is 12. The molecule has 54 heavy (non-hydrogen) atoms. The van der Waals surface area contributed by atoms with E-state index in [1.807, 2.05) is 6.92 Å². The van der Waals surface area contributed by atoms with E-state index >= 15 is 0 Å².